The predicted octanol–water partition coefficient (Wildman–Crippen LogP) is 2.29. The summed E-state index contributed by atoms with van der Waals surface area (Å²) < 4.78 is 25.1. The Kier molecular flexibility index (Phi) is 6.35. The Morgan fingerprint density at radius 2 is 1.93 bits per heavy atom. The molecule has 1 aromatic carbocycles. The number of carbonyl (C=O) groups is 2. The molecule has 1 aliphatic heterocycles. The van der Waals surface area contributed by atoms with E-state index >= 15 is 0 Å². The summed E-state index contributed by atoms with van der Waals surface area (Å²) in [7, 11) is -3.34. The fraction of sp³-hybridized carbons (Fsp3) is 0.368. The molecule has 0 saturated carbocycles. The molecule has 0 radical (unpaired) electrons. The highest BCUT2D eigenvalue weighted by molar-refractivity contribution is 7.92. The summed E-state index contributed by atoms with van der Waals surface area (Å²) >= 11 is 1.43. The van der Waals surface area contributed by atoms with Crippen LogP contribution in [-0.2, 0) is 21.4 Å². The quantitative estimate of drug-likeness (QED) is 0.748. The smallest absolute Gasteiger partial charge is 0.263 e. The number of nitrogens with one attached hydrogen (secondary N) is 2. The lowest BCUT2D eigenvalue weighted by atomic mass is 9.95. The van der Waals surface area contributed by atoms with Gasteiger partial charge in [-0.3, -0.25) is 14.3 Å². The van der Waals surface area contributed by atoms with E-state index in [9.17, 15) is 18.0 Å². The van der Waals surface area contributed by atoms with Crippen molar-refractivity contribution in [3.8, 4) is 0 Å². The number of thiophene rings is 1. The fourth-order valence-electron chi connectivity index (χ4n) is 3.19. The number of sulfonamides is 1. The third kappa shape index (κ3) is 5.56. The maximum absolute atomic E-state index is 12.5. The van der Waals surface area contributed by atoms with E-state index in [0.29, 0.717) is 38.2 Å². The molecule has 2 heterocycles. The maximum atomic E-state index is 12.5. The zero-order chi connectivity index (χ0) is 20.1. The molecule has 7 nitrogen and oxygen atoms in total. The van der Waals surface area contributed by atoms with E-state index < -0.39 is 10.0 Å². The lowest BCUT2D eigenvalue weighted by Gasteiger charge is -2.31. The van der Waals surface area contributed by atoms with Crippen LogP contribution in [0.15, 0.2) is 41.8 Å². The second-order valence-corrected chi connectivity index (χ2v) is 9.53. The molecule has 1 fully saturated rings. The van der Waals surface area contributed by atoms with Gasteiger partial charge in [-0.15, -0.1) is 11.3 Å². The second kappa shape index (κ2) is 8.74. The number of benzene rings is 1. The Bertz CT molecular complexity index is 934. The van der Waals surface area contributed by atoms with Crippen LogP contribution in [0, 0.1) is 5.92 Å². The van der Waals surface area contributed by atoms with E-state index in [1.165, 1.54) is 11.3 Å². The van der Waals surface area contributed by atoms with E-state index in [1.807, 2.05) is 23.6 Å². The van der Waals surface area contributed by atoms with Crippen LogP contribution in [0.25, 0.3) is 0 Å². The summed E-state index contributed by atoms with van der Waals surface area (Å²) in [6, 6.07) is 10.6. The van der Waals surface area contributed by atoms with Crippen molar-refractivity contribution in [1.29, 1.82) is 0 Å². The molecule has 150 valence electrons. The summed E-state index contributed by atoms with van der Waals surface area (Å²) in [6.45, 7) is 1.47. The minimum Gasteiger partial charge on any atom is -0.352 e. The highest BCUT2D eigenvalue weighted by atomic mass is 32.2. The molecule has 2 N–H and O–H groups in total. The van der Waals surface area contributed by atoms with Gasteiger partial charge >= 0.3 is 0 Å². The predicted molar refractivity (Wildman–Crippen MR) is 110 cm³/mol. The molecule has 0 unspecified atom stereocenters. The largest absolute Gasteiger partial charge is 0.352 e. The molecule has 1 saturated heterocycles. The zero-order valence-electron chi connectivity index (χ0n) is 15.6. The summed E-state index contributed by atoms with van der Waals surface area (Å²) in [6.07, 6.45) is 2.37. The lowest BCUT2D eigenvalue weighted by molar-refractivity contribution is -0.126. The summed E-state index contributed by atoms with van der Waals surface area (Å²) in [5.41, 5.74) is 1.28. The van der Waals surface area contributed by atoms with Crippen LogP contribution in [0.2, 0.25) is 0 Å². The third-order valence-corrected chi connectivity index (χ3v) is 6.05. The Labute approximate surface area is 168 Å². The van der Waals surface area contributed by atoms with Crippen molar-refractivity contribution in [2.45, 2.75) is 19.4 Å². The number of rotatable bonds is 6. The van der Waals surface area contributed by atoms with Gasteiger partial charge in [0.25, 0.3) is 5.91 Å². The Balaban J connectivity index is 1.49. The molecule has 0 aliphatic carbocycles. The van der Waals surface area contributed by atoms with Crippen LogP contribution in [-0.4, -0.2) is 44.5 Å². The van der Waals surface area contributed by atoms with Crippen LogP contribution in [0.1, 0.15) is 28.1 Å². The Hall–Kier alpha value is -2.39. The molecule has 1 aliphatic rings. The SMILES string of the molecule is CS(=O)(=O)Nc1cccc(CNC(=O)C2CCN(C(=O)c3cccs3)CC2)c1. The van der Waals surface area contributed by atoms with Crippen molar-refractivity contribution in [2.75, 3.05) is 24.1 Å². The van der Waals surface area contributed by atoms with Gasteiger partial charge in [-0.05, 0) is 42.0 Å². The number of nitrogens with zero attached hydrogens (tertiary/aromatic N) is 1. The minimum atomic E-state index is -3.34. The monoisotopic (exact) mass is 421 g/mol. The van der Waals surface area contributed by atoms with Crippen LogP contribution in [0.5, 0.6) is 0 Å². The number of hydrogen-bond donors (Lipinski definition) is 2. The lowest BCUT2D eigenvalue weighted by Crippen LogP contribution is -2.42. The first-order chi connectivity index (χ1) is 13.3. The first-order valence-corrected chi connectivity index (χ1v) is 11.8. The molecule has 2 amide bonds. The molecule has 3 rings (SSSR count). The van der Waals surface area contributed by atoms with Gasteiger partial charge in [0.15, 0.2) is 0 Å². The Morgan fingerprint density at radius 3 is 2.57 bits per heavy atom. The maximum Gasteiger partial charge on any atom is 0.263 e. The average molecular weight is 422 g/mol. The number of piperidine rings is 1. The van der Waals surface area contributed by atoms with E-state index in [-0.39, 0.29) is 17.7 Å². The number of hydrogen-bond acceptors (Lipinski definition) is 5. The van der Waals surface area contributed by atoms with Gasteiger partial charge in [-0.1, -0.05) is 18.2 Å². The van der Waals surface area contributed by atoms with Crippen LogP contribution >= 0.6 is 11.3 Å². The molecule has 0 spiro atoms. The van der Waals surface area contributed by atoms with Gasteiger partial charge in [0, 0.05) is 31.2 Å². The first kappa shape index (κ1) is 20.3. The summed E-state index contributed by atoms with van der Waals surface area (Å²) in [5.74, 6) is -0.126. The van der Waals surface area contributed by atoms with E-state index in [2.05, 4.69) is 10.0 Å². The highest BCUT2D eigenvalue weighted by Gasteiger charge is 2.28. The molecule has 9 heteroatoms. The molecular weight excluding hydrogens is 398 g/mol. The molecule has 2 aromatic rings. The number of amides is 2. The molecule has 0 bridgehead atoms. The van der Waals surface area contributed by atoms with Crippen molar-refractivity contribution in [3.63, 3.8) is 0 Å². The van der Waals surface area contributed by atoms with Gasteiger partial charge in [-0.2, -0.15) is 0 Å². The van der Waals surface area contributed by atoms with Gasteiger partial charge in [0.2, 0.25) is 15.9 Å². The number of carbonyl (C=O) groups excluding carboxylic acids is 2. The van der Waals surface area contributed by atoms with Crippen molar-refractivity contribution in [3.05, 3.63) is 52.2 Å². The van der Waals surface area contributed by atoms with Crippen molar-refractivity contribution >= 4 is 38.9 Å². The van der Waals surface area contributed by atoms with Gasteiger partial charge in [-0.25, -0.2) is 8.42 Å². The van der Waals surface area contributed by atoms with E-state index in [0.717, 1.165) is 16.7 Å². The molecule has 28 heavy (non-hydrogen) atoms. The van der Waals surface area contributed by atoms with Gasteiger partial charge in [0.1, 0.15) is 0 Å². The third-order valence-electron chi connectivity index (χ3n) is 4.58. The molecule has 0 atom stereocenters. The first-order valence-electron chi connectivity index (χ1n) is 8.99. The number of likely N-dealkylation sites (tertiary alicyclic amines) is 1. The minimum absolute atomic E-state index is 0.0315. The molecular formula is C19H23N3O4S2. The number of anilines is 1. The van der Waals surface area contributed by atoms with E-state index in [4.69, 9.17) is 0 Å². The Morgan fingerprint density at radius 1 is 1.18 bits per heavy atom. The van der Waals surface area contributed by atoms with Crippen molar-refractivity contribution < 1.29 is 18.0 Å². The van der Waals surface area contributed by atoms with Crippen molar-refractivity contribution in [2.24, 2.45) is 5.92 Å². The molecule has 1 aromatic heterocycles. The average Bonchev–Trinajstić information content (AvgIpc) is 3.19. The second-order valence-electron chi connectivity index (χ2n) is 6.84. The van der Waals surface area contributed by atoms with Crippen LogP contribution < -0.4 is 10.0 Å². The van der Waals surface area contributed by atoms with Gasteiger partial charge in [0.05, 0.1) is 11.1 Å². The fourth-order valence-corrected chi connectivity index (χ4v) is 4.44. The van der Waals surface area contributed by atoms with Gasteiger partial charge < -0.3 is 10.2 Å². The summed E-state index contributed by atoms with van der Waals surface area (Å²) in [5, 5.41) is 4.80. The van der Waals surface area contributed by atoms with Crippen molar-refractivity contribution in [1.82, 2.24) is 10.2 Å². The standard InChI is InChI=1S/C19H23N3O4S2/c1-28(25,26)21-16-5-2-4-14(12-16)13-20-18(23)15-7-9-22(10-8-15)19(24)17-6-3-11-27-17/h2-6,11-12,15,21H,7-10,13H2,1H3,(H,20,23). The van der Waals surface area contributed by atoms with Crippen LogP contribution in [0.4, 0.5) is 5.69 Å². The van der Waals surface area contributed by atoms with Crippen LogP contribution in [0.3, 0.4) is 0 Å². The topological polar surface area (TPSA) is 95.6 Å². The highest BCUT2D eigenvalue weighted by Crippen LogP contribution is 2.21. The zero-order valence-corrected chi connectivity index (χ0v) is 17.2. The van der Waals surface area contributed by atoms with E-state index in [1.54, 1.807) is 23.1 Å². The summed E-state index contributed by atoms with van der Waals surface area (Å²) in [4.78, 5) is 27.4. The normalized spacial score (nSPS) is 15.2.